The molecule has 0 aliphatic heterocycles. The Balaban J connectivity index is 2.71. The number of pyridine rings is 1. The molecule has 2 aromatic heterocycles. The first-order valence-electron chi connectivity index (χ1n) is 5.28. The molecule has 10 heteroatoms. The average Bonchev–Trinajstić information content (AvgIpc) is 2.55. The van der Waals surface area contributed by atoms with Crippen molar-refractivity contribution in [2.24, 2.45) is 0 Å². The van der Waals surface area contributed by atoms with Gasteiger partial charge in [-0.2, -0.15) is 13.2 Å². The predicted octanol–water partition coefficient (Wildman–Crippen LogP) is 3.33. The Morgan fingerprint density at radius 1 is 1.45 bits per heavy atom. The topological polar surface area (TPSA) is 86.2 Å². The van der Waals surface area contributed by atoms with E-state index in [9.17, 15) is 17.7 Å². The van der Waals surface area contributed by atoms with Crippen LogP contribution in [0.4, 0.5) is 13.2 Å². The van der Waals surface area contributed by atoms with Crippen LogP contribution in [0.15, 0.2) is 10.5 Å². The molecule has 0 fully saturated rings. The first kappa shape index (κ1) is 15.5. The summed E-state index contributed by atoms with van der Waals surface area (Å²) < 4.78 is 50.0. The summed E-state index contributed by atoms with van der Waals surface area (Å²) in [5, 5.41) is -0.224. The van der Waals surface area contributed by atoms with Crippen LogP contribution in [-0.4, -0.2) is 19.8 Å². The summed E-state index contributed by atoms with van der Waals surface area (Å²) >= 11 is 2.86. The maximum absolute atomic E-state index is 13.1. The molecule has 0 aliphatic rings. The zero-order valence-corrected chi connectivity index (χ0v) is 12.5. The summed E-state index contributed by atoms with van der Waals surface area (Å²) in [7, 11) is -4.37. The summed E-state index contributed by atoms with van der Waals surface area (Å²) in [5.41, 5.74) is -0.826. The third kappa shape index (κ3) is 3.06. The second kappa shape index (κ2) is 4.84. The molecule has 110 valence electrons. The molecule has 20 heavy (non-hydrogen) atoms. The van der Waals surface area contributed by atoms with E-state index < -0.39 is 25.5 Å². The first-order valence-corrected chi connectivity index (χ1v) is 7.87. The molecule has 3 N–H and O–H groups in total. The zero-order valence-electron chi connectivity index (χ0n) is 9.99. The minimum Gasteiger partial charge on any atom is -0.343 e. The molecular formula is C10H9BrF3N2O3P. The molecule has 2 aromatic rings. The van der Waals surface area contributed by atoms with E-state index in [4.69, 9.17) is 9.79 Å². The molecule has 0 saturated heterocycles. The molecule has 0 aromatic carbocycles. The number of nitrogens with zero attached hydrogens (tertiary/aromatic N) is 1. The van der Waals surface area contributed by atoms with Crippen molar-refractivity contribution in [2.75, 3.05) is 0 Å². The monoisotopic (exact) mass is 372 g/mol. The average molecular weight is 373 g/mol. The van der Waals surface area contributed by atoms with Crippen molar-refractivity contribution < 1.29 is 27.5 Å². The van der Waals surface area contributed by atoms with Crippen LogP contribution in [0.5, 0.6) is 0 Å². The lowest BCUT2D eigenvalue weighted by atomic mass is 10.1. The molecule has 0 bridgehead atoms. The van der Waals surface area contributed by atoms with Gasteiger partial charge in [-0.1, -0.05) is 0 Å². The highest BCUT2D eigenvalue weighted by Gasteiger charge is 2.37. The van der Waals surface area contributed by atoms with Crippen molar-refractivity contribution in [2.45, 2.75) is 19.3 Å². The third-order valence-corrected chi connectivity index (χ3v) is 4.32. The van der Waals surface area contributed by atoms with Crippen LogP contribution >= 0.6 is 23.5 Å². The smallest absolute Gasteiger partial charge is 0.343 e. The van der Waals surface area contributed by atoms with Gasteiger partial charge in [0.1, 0.15) is 5.65 Å². The number of rotatable bonds is 2. The van der Waals surface area contributed by atoms with Crippen LogP contribution in [0.25, 0.3) is 11.0 Å². The molecule has 0 radical (unpaired) electrons. The maximum Gasteiger partial charge on any atom is 0.418 e. The Labute approximate surface area is 119 Å². The quantitative estimate of drug-likeness (QED) is 0.705. The van der Waals surface area contributed by atoms with Gasteiger partial charge in [-0.15, -0.1) is 0 Å². The fourth-order valence-corrected chi connectivity index (χ4v) is 3.02. The molecule has 0 aliphatic carbocycles. The van der Waals surface area contributed by atoms with Gasteiger partial charge in [-0.05, 0) is 28.9 Å². The van der Waals surface area contributed by atoms with Crippen LogP contribution in [0.3, 0.4) is 0 Å². The van der Waals surface area contributed by atoms with Crippen molar-refractivity contribution in [1.29, 1.82) is 0 Å². The number of aromatic amines is 1. The number of hydrogen-bond donors (Lipinski definition) is 3. The fourth-order valence-electron chi connectivity index (χ4n) is 1.88. The Bertz CT molecular complexity index is 723. The van der Waals surface area contributed by atoms with E-state index >= 15 is 0 Å². The van der Waals surface area contributed by atoms with E-state index in [1.165, 1.54) is 6.92 Å². The predicted molar refractivity (Wildman–Crippen MR) is 69.3 cm³/mol. The second-order valence-electron chi connectivity index (χ2n) is 4.26. The van der Waals surface area contributed by atoms with Gasteiger partial charge in [0.25, 0.3) is 0 Å². The largest absolute Gasteiger partial charge is 0.418 e. The number of nitrogens with one attached hydrogen (secondary N) is 1. The molecule has 5 nitrogen and oxygen atoms in total. The van der Waals surface area contributed by atoms with Crippen molar-refractivity contribution in [3.8, 4) is 0 Å². The van der Waals surface area contributed by atoms with Gasteiger partial charge in [-0.3, -0.25) is 4.57 Å². The van der Waals surface area contributed by atoms with Gasteiger partial charge in [0.15, 0.2) is 0 Å². The lowest BCUT2D eigenvalue weighted by Gasteiger charge is -2.11. The summed E-state index contributed by atoms with van der Waals surface area (Å²) in [6, 6.07) is 1.06. The van der Waals surface area contributed by atoms with E-state index in [1.807, 2.05) is 0 Å². The third-order valence-electron chi connectivity index (χ3n) is 2.60. The highest BCUT2D eigenvalue weighted by Crippen LogP contribution is 2.43. The highest BCUT2D eigenvalue weighted by atomic mass is 79.9. The molecule has 2 heterocycles. The lowest BCUT2D eigenvalue weighted by molar-refractivity contribution is -0.136. The van der Waals surface area contributed by atoms with Gasteiger partial charge >= 0.3 is 13.8 Å². The van der Waals surface area contributed by atoms with Crippen LogP contribution in [-0.2, 0) is 16.9 Å². The summed E-state index contributed by atoms with van der Waals surface area (Å²) in [5.74, 6) is 0. The van der Waals surface area contributed by atoms with Crippen molar-refractivity contribution in [3.05, 3.63) is 27.5 Å². The minimum absolute atomic E-state index is 0.00355. The van der Waals surface area contributed by atoms with Crippen LogP contribution in [0, 0.1) is 6.92 Å². The Kier molecular flexibility index (Phi) is 3.75. The molecule has 0 atom stereocenters. The van der Waals surface area contributed by atoms with E-state index in [2.05, 4.69) is 25.9 Å². The van der Waals surface area contributed by atoms with Gasteiger partial charge in [0, 0.05) is 11.1 Å². The van der Waals surface area contributed by atoms with Gasteiger partial charge in [-0.25, -0.2) is 4.98 Å². The van der Waals surface area contributed by atoms with Crippen LogP contribution in [0.1, 0.15) is 17.0 Å². The van der Waals surface area contributed by atoms with Crippen molar-refractivity contribution in [3.63, 3.8) is 0 Å². The second-order valence-corrected chi connectivity index (χ2v) is 6.70. The number of halogens is 4. The van der Waals surface area contributed by atoms with Gasteiger partial charge < -0.3 is 14.8 Å². The summed E-state index contributed by atoms with van der Waals surface area (Å²) in [4.78, 5) is 24.2. The summed E-state index contributed by atoms with van der Waals surface area (Å²) in [6.45, 7) is 1.41. The maximum atomic E-state index is 13.1. The van der Waals surface area contributed by atoms with Gasteiger partial charge in [0.05, 0.1) is 21.9 Å². The standard InChI is InChI=1S/C10H9BrF3N2O3P/c1-4-8(11)7(10(12,13)14)6-2-5(3-20(17,18)19)16-9(6)15-4/h2H,3H2,1H3,(H,15,16)(H2,17,18,19). The molecule has 0 spiro atoms. The molecule has 2 rings (SSSR count). The Hall–Kier alpha value is -0.890. The SMILES string of the molecule is Cc1nc2[nH]c(CP(=O)(O)O)cc2c(C(F)(F)F)c1Br. The highest BCUT2D eigenvalue weighted by molar-refractivity contribution is 9.10. The van der Waals surface area contributed by atoms with Crippen molar-refractivity contribution in [1.82, 2.24) is 9.97 Å². The molecule has 0 amide bonds. The van der Waals surface area contributed by atoms with Crippen LogP contribution in [0.2, 0.25) is 0 Å². The molecule has 0 unspecified atom stereocenters. The van der Waals surface area contributed by atoms with Crippen molar-refractivity contribution >= 4 is 34.6 Å². The number of hydrogen-bond acceptors (Lipinski definition) is 2. The number of aromatic nitrogens is 2. The molecular weight excluding hydrogens is 364 g/mol. The zero-order chi connectivity index (χ0) is 15.3. The Morgan fingerprint density at radius 2 is 2.05 bits per heavy atom. The number of fused-ring (bicyclic) bond motifs is 1. The van der Waals surface area contributed by atoms with E-state index in [0.29, 0.717) is 0 Å². The number of H-pyrrole nitrogens is 1. The summed E-state index contributed by atoms with van der Waals surface area (Å²) in [6.07, 6.45) is -5.27. The number of aryl methyl sites for hydroxylation is 1. The Morgan fingerprint density at radius 3 is 2.55 bits per heavy atom. The fraction of sp³-hybridized carbons (Fsp3) is 0.300. The first-order chi connectivity index (χ1) is 8.99. The van der Waals surface area contributed by atoms with Gasteiger partial charge in [0.2, 0.25) is 0 Å². The van der Waals surface area contributed by atoms with E-state index in [0.717, 1.165) is 6.07 Å². The van der Waals surface area contributed by atoms with E-state index in [-0.39, 0.29) is 26.9 Å². The van der Waals surface area contributed by atoms with E-state index in [1.54, 1.807) is 0 Å². The van der Waals surface area contributed by atoms with Crippen LogP contribution < -0.4 is 0 Å². The minimum atomic E-state index is -4.60. The normalized spacial score (nSPS) is 13.2. The number of alkyl halides is 3. The lowest BCUT2D eigenvalue weighted by Crippen LogP contribution is -2.08. The molecule has 0 saturated carbocycles.